The van der Waals surface area contributed by atoms with Gasteiger partial charge in [0.05, 0.1) is 42.1 Å². The summed E-state index contributed by atoms with van der Waals surface area (Å²) in [7, 11) is 4.47. The van der Waals surface area contributed by atoms with Crippen LogP contribution in [0.1, 0.15) is 48.5 Å². The number of esters is 1. The molecule has 1 unspecified atom stereocenters. The molecule has 2 bridgehead atoms. The van der Waals surface area contributed by atoms with E-state index in [-0.39, 0.29) is 60.2 Å². The van der Waals surface area contributed by atoms with E-state index < -0.39 is 35.7 Å². The minimum absolute atomic E-state index is 0.00113. The molecule has 330 valence electrons. The van der Waals surface area contributed by atoms with Gasteiger partial charge in [-0.2, -0.15) is 13.2 Å². The topological polar surface area (TPSA) is 171 Å². The normalized spacial score (nSPS) is 21.3. The fourth-order valence-corrected chi connectivity index (χ4v) is 9.24. The lowest BCUT2D eigenvalue weighted by Gasteiger charge is -2.45. The number of piperidine rings is 1. The van der Waals surface area contributed by atoms with E-state index in [0.29, 0.717) is 41.3 Å². The van der Waals surface area contributed by atoms with Crippen LogP contribution < -0.4 is 26.2 Å². The van der Waals surface area contributed by atoms with Crippen LogP contribution in [0.25, 0.3) is 22.0 Å². The average molecular weight is 889 g/mol. The van der Waals surface area contributed by atoms with Crippen molar-refractivity contribution in [2.75, 3.05) is 31.3 Å². The third kappa shape index (κ3) is 9.75. The number of H-pyrrole nitrogens is 1. The molecule has 0 spiro atoms. The Balaban J connectivity index is 0.820. The predicted molar refractivity (Wildman–Crippen MR) is 229 cm³/mol. The number of likely N-dealkylation sites (N-methyl/N-ethyl adjacent to an activating group) is 1. The number of aromatic nitrogens is 1. The number of ether oxygens (including phenoxy) is 3. The zero-order valence-electron chi connectivity index (χ0n) is 34.3. The van der Waals surface area contributed by atoms with Crippen LogP contribution in [-0.2, 0) is 32.0 Å². The highest BCUT2D eigenvalue weighted by Gasteiger charge is 2.70. The lowest BCUT2D eigenvalue weighted by molar-refractivity contribution is -0.938. The van der Waals surface area contributed by atoms with Gasteiger partial charge >= 0.3 is 18.2 Å². The lowest BCUT2D eigenvalue weighted by atomic mass is 9.96. The van der Waals surface area contributed by atoms with E-state index in [4.69, 9.17) is 21.1 Å². The Morgan fingerprint density at radius 1 is 0.921 bits per heavy atom. The summed E-state index contributed by atoms with van der Waals surface area (Å²) in [4.78, 5) is 52.0. The molecule has 0 radical (unpaired) electrons. The first-order valence-corrected chi connectivity index (χ1v) is 21.0. The molecule has 8 rings (SSSR count). The Kier molecular flexibility index (Phi) is 12.4. The Bertz CT molecular complexity index is 2590. The second-order valence-electron chi connectivity index (χ2n) is 16.7. The van der Waals surface area contributed by atoms with Crippen molar-refractivity contribution in [1.29, 1.82) is 0 Å². The molecule has 4 heterocycles. The van der Waals surface area contributed by atoms with Crippen molar-refractivity contribution >= 4 is 51.8 Å². The molecule has 3 aliphatic rings. The number of rotatable bonds is 14. The number of halogens is 4. The number of benzene rings is 4. The molecule has 4 aromatic carbocycles. The summed E-state index contributed by atoms with van der Waals surface area (Å²) < 4.78 is 55.7. The van der Waals surface area contributed by atoms with Crippen molar-refractivity contribution in [1.82, 2.24) is 10.3 Å². The summed E-state index contributed by atoms with van der Waals surface area (Å²) in [5, 5.41) is 20.4. The number of anilines is 2. The van der Waals surface area contributed by atoms with E-state index in [2.05, 4.69) is 39.8 Å². The van der Waals surface area contributed by atoms with Gasteiger partial charge in [-0.15, -0.1) is 0 Å². The largest absolute Gasteiger partial charge is 0.491 e. The zero-order chi connectivity index (χ0) is 44.6. The maximum atomic E-state index is 13.2. The minimum atomic E-state index is -5.25. The number of aryl methyl sites for hydroxylation is 1. The number of fused-ring (bicyclic) bond motifs is 6. The number of hydrogen-bond acceptors (Lipinski definition) is 9. The zero-order valence-corrected chi connectivity index (χ0v) is 35.1. The minimum Gasteiger partial charge on any atom is -0.445 e. The van der Waals surface area contributed by atoms with E-state index in [1.54, 1.807) is 18.2 Å². The van der Waals surface area contributed by atoms with Crippen molar-refractivity contribution in [3.05, 3.63) is 123 Å². The van der Waals surface area contributed by atoms with Gasteiger partial charge in [-0.3, -0.25) is 14.9 Å². The molecule has 3 saturated heterocycles. The summed E-state index contributed by atoms with van der Waals surface area (Å²) in [5.41, 5.74) is 4.05. The van der Waals surface area contributed by atoms with E-state index in [0.717, 1.165) is 51.7 Å². The third-order valence-corrected chi connectivity index (χ3v) is 12.6. The van der Waals surface area contributed by atoms with Crippen LogP contribution in [0, 0.1) is 0 Å². The van der Waals surface area contributed by atoms with Crippen LogP contribution in [0.5, 0.6) is 5.75 Å². The van der Waals surface area contributed by atoms with Crippen molar-refractivity contribution in [3.8, 4) is 16.9 Å². The van der Waals surface area contributed by atoms with Gasteiger partial charge in [-0.25, -0.2) is 9.59 Å². The number of aliphatic hydroxyl groups excluding tert-OH is 1. The predicted octanol–water partition coefficient (Wildman–Crippen LogP) is 7.41. The maximum Gasteiger partial charge on any atom is 0.491 e. The van der Waals surface area contributed by atoms with Gasteiger partial charge in [0.25, 0.3) is 0 Å². The number of hydrogen-bond donors (Lipinski definition) is 5. The lowest BCUT2D eigenvalue weighted by Crippen LogP contribution is -2.60. The molecule has 5 N–H and O–H groups in total. The summed E-state index contributed by atoms with van der Waals surface area (Å²) in [6.45, 7) is 0.262. The smallest absolute Gasteiger partial charge is 0.445 e. The molecule has 1 aromatic heterocycles. The van der Waals surface area contributed by atoms with E-state index in [9.17, 15) is 37.5 Å². The molecule has 5 aromatic rings. The molecule has 17 heteroatoms. The van der Waals surface area contributed by atoms with Crippen LogP contribution in [0.15, 0.2) is 95.8 Å². The Morgan fingerprint density at radius 2 is 1.63 bits per heavy atom. The molecular weight excluding hydrogens is 843 g/mol. The van der Waals surface area contributed by atoms with Gasteiger partial charge in [0.15, 0.2) is 5.75 Å². The second-order valence-corrected chi connectivity index (χ2v) is 17.1. The number of carbonyl (C=O) groups is 3. The first kappa shape index (κ1) is 43.9. The number of morpholine rings is 1. The second kappa shape index (κ2) is 17.8. The SMILES string of the molecule is C[N+]1(C)[C@@H]2CC(OC(=O)Nc3ccc(CCCC(=O)Nc4ccc(CNC[C@H](O)c5ccc(OC(=O)C(F)(F)F)c6[nH]c(=O)ccc56)cc4Cl)cc3-c3ccccc3)C[C@H]1[C@@H]1O[C@@H]12. The van der Waals surface area contributed by atoms with Crippen LogP contribution in [0.2, 0.25) is 5.02 Å². The van der Waals surface area contributed by atoms with Crippen molar-refractivity contribution in [2.24, 2.45) is 0 Å². The standard InChI is InChI=1S/C46H45ClF3N5O8/c1-55(2)35-21-28(22-36(55)43-42(35)63-43)61-45(60)53-33-15-11-25(19-31(33)27-8-4-3-5-9-27)7-6-10-39(57)52-34-16-12-26(20-32(34)47)23-51-24-37(56)29-13-17-38(62-44(59)46(48,49)50)41-30(29)14-18-40(58)54-41/h3-5,8-9,11-20,28,35-37,42-43,51,56H,6-7,10,21-24H2,1-2H3,(H2-,52,53,54,57,58,60)/p+1/t28?,35-,36+,37-,42-,43+/m0/s1. The van der Waals surface area contributed by atoms with Crippen LogP contribution >= 0.6 is 11.6 Å². The summed E-state index contributed by atoms with van der Waals surface area (Å²) >= 11 is 6.54. The Morgan fingerprint density at radius 3 is 2.35 bits per heavy atom. The van der Waals surface area contributed by atoms with Crippen LogP contribution in [-0.4, -0.2) is 89.8 Å². The number of nitrogens with zero attached hydrogens (tertiary/aromatic N) is 1. The van der Waals surface area contributed by atoms with E-state index in [1.165, 1.54) is 12.1 Å². The molecule has 6 atom stereocenters. The summed E-state index contributed by atoms with van der Waals surface area (Å²) in [6, 6.07) is 26.2. The molecule has 13 nitrogen and oxygen atoms in total. The average Bonchev–Trinajstić information content (AvgIpc) is 4.01. The fraction of sp³-hybridized carbons (Fsp3) is 0.348. The quantitative estimate of drug-likeness (QED) is 0.0330. The Labute approximate surface area is 365 Å². The maximum absolute atomic E-state index is 13.2. The molecular formula is C46H46ClF3N5O8+. The molecule has 0 saturated carbocycles. The van der Waals surface area contributed by atoms with Gasteiger partial charge < -0.3 is 39.4 Å². The van der Waals surface area contributed by atoms with Gasteiger partial charge in [0.1, 0.15) is 30.4 Å². The highest BCUT2D eigenvalue weighted by atomic mass is 35.5. The number of aromatic amines is 1. The number of nitrogens with one attached hydrogen (secondary N) is 4. The van der Waals surface area contributed by atoms with Gasteiger partial charge in [-0.05, 0) is 71.5 Å². The number of pyridine rings is 1. The van der Waals surface area contributed by atoms with Crippen molar-refractivity contribution in [2.45, 2.75) is 81.3 Å². The molecule has 3 aliphatic heterocycles. The number of epoxide rings is 1. The number of alkyl halides is 3. The third-order valence-electron chi connectivity index (χ3n) is 12.2. The van der Waals surface area contributed by atoms with Gasteiger partial charge in [-0.1, -0.05) is 60.1 Å². The number of amides is 2. The van der Waals surface area contributed by atoms with Gasteiger partial charge in [0.2, 0.25) is 11.5 Å². The number of carbonyl (C=O) groups excluding carboxylic acids is 3. The monoisotopic (exact) mass is 888 g/mol. The number of quaternary nitrogens is 1. The first-order chi connectivity index (χ1) is 30.0. The van der Waals surface area contributed by atoms with Crippen molar-refractivity contribution < 1.29 is 51.4 Å². The Hall–Kier alpha value is -5.78. The molecule has 3 fully saturated rings. The summed E-state index contributed by atoms with van der Waals surface area (Å²) in [5.74, 6) is -3.17. The van der Waals surface area contributed by atoms with Gasteiger partial charge in [0, 0.05) is 49.4 Å². The van der Waals surface area contributed by atoms with Crippen molar-refractivity contribution in [3.63, 3.8) is 0 Å². The highest BCUT2D eigenvalue weighted by molar-refractivity contribution is 6.33. The molecule has 0 aliphatic carbocycles. The molecule has 2 amide bonds. The van der Waals surface area contributed by atoms with E-state index in [1.807, 2.05) is 48.5 Å². The van der Waals surface area contributed by atoms with E-state index >= 15 is 0 Å². The fourth-order valence-electron chi connectivity index (χ4n) is 8.98. The highest BCUT2D eigenvalue weighted by Crippen LogP contribution is 2.51. The summed E-state index contributed by atoms with van der Waals surface area (Å²) in [6.07, 6.45) is -3.61. The van der Waals surface area contributed by atoms with Crippen LogP contribution in [0.4, 0.5) is 29.3 Å². The van der Waals surface area contributed by atoms with Crippen LogP contribution in [0.3, 0.4) is 0 Å². The number of aliphatic hydroxyl groups is 1. The first-order valence-electron chi connectivity index (χ1n) is 20.6. The molecule has 63 heavy (non-hydrogen) atoms.